The molecule has 7 nitrogen and oxygen atoms in total. The topological polar surface area (TPSA) is 107 Å². The van der Waals surface area contributed by atoms with Gasteiger partial charge in [-0.2, -0.15) is 0 Å². The van der Waals surface area contributed by atoms with E-state index in [2.05, 4.69) is 0 Å². The first-order valence-corrected chi connectivity index (χ1v) is 5.74. The average molecular weight is 263 g/mol. The molecule has 1 atom stereocenters. The zero-order chi connectivity index (χ0) is 14.2. The number of aryl methyl sites for hydroxylation is 1. The minimum atomic E-state index is -0.535. The van der Waals surface area contributed by atoms with Crippen molar-refractivity contribution >= 4 is 23.2 Å². The third-order valence-corrected chi connectivity index (χ3v) is 3.10. The molecule has 19 heavy (non-hydrogen) atoms. The average Bonchev–Trinajstić information content (AvgIpc) is 2.70. The van der Waals surface area contributed by atoms with Crippen molar-refractivity contribution in [3.8, 4) is 0 Å². The minimum Gasteiger partial charge on any atom is -0.369 e. The van der Waals surface area contributed by atoms with Crippen molar-refractivity contribution in [2.24, 2.45) is 11.7 Å². The van der Waals surface area contributed by atoms with E-state index in [0.29, 0.717) is 11.3 Å². The predicted molar refractivity (Wildman–Crippen MR) is 67.5 cm³/mol. The van der Waals surface area contributed by atoms with Crippen LogP contribution in [0.25, 0.3) is 0 Å². The molecule has 2 amide bonds. The molecule has 2 N–H and O–H groups in total. The van der Waals surface area contributed by atoms with E-state index in [0.717, 1.165) is 0 Å². The van der Waals surface area contributed by atoms with Crippen LogP contribution in [0.1, 0.15) is 12.0 Å². The number of carbonyl (C=O) groups is 2. The summed E-state index contributed by atoms with van der Waals surface area (Å²) in [6, 6.07) is 4.43. The lowest BCUT2D eigenvalue weighted by atomic mass is 10.1. The quantitative estimate of drug-likeness (QED) is 0.641. The molecule has 0 saturated carbocycles. The highest BCUT2D eigenvalue weighted by Crippen LogP contribution is 2.29. The summed E-state index contributed by atoms with van der Waals surface area (Å²) >= 11 is 0. The highest BCUT2D eigenvalue weighted by Gasteiger charge is 2.34. The van der Waals surface area contributed by atoms with Crippen molar-refractivity contribution in [2.45, 2.75) is 13.3 Å². The molecule has 1 aliphatic rings. The van der Waals surface area contributed by atoms with Gasteiger partial charge in [-0.1, -0.05) is 0 Å². The maximum absolute atomic E-state index is 11.8. The summed E-state index contributed by atoms with van der Waals surface area (Å²) in [4.78, 5) is 34.6. The predicted octanol–water partition coefficient (Wildman–Crippen LogP) is 0.741. The number of rotatable bonds is 3. The number of anilines is 1. The summed E-state index contributed by atoms with van der Waals surface area (Å²) < 4.78 is 0. The van der Waals surface area contributed by atoms with Gasteiger partial charge in [0.05, 0.1) is 16.5 Å². The number of nitro benzene ring substituents is 1. The standard InChI is InChI=1S/C12H13N3O4/c1-7-2-9(5-10(3-7)15(18)19)14-6-8(12(13)17)4-11(14)16/h2-3,5,8H,4,6H2,1H3,(H2,13,17). The zero-order valence-electron chi connectivity index (χ0n) is 10.3. The molecule has 0 spiro atoms. The molecule has 1 fully saturated rings. The van der Waals surface area contributed by atoms with E-state index < -0.39 is 16.7 Å². The van der Waals surface area contributed by atoms with Crippen LogP contribution in [-0.4, -0.2) is 23.3 Å². The van der Waals surface area contributed by atoms with E-state index in [4.69, 9.17) is 5.73 Å². The lowest BCUT2D eigenvalue weighted by molar-refractivity contribution is -0.384. The van der Waals surface area contributed by atoms with Crippen LogP contribution in [0.3, 0.4) is 0 Å². The molecule has 1 heterocycles. The van der Waals surface area contributed by atoms with Crippen LogP contribution in [0.2, 0.25) is 0 Å². The highest BCUT2D eigenvalue weighted by molar-refractivity contribution is 6.00. The van der Waals surface area contributed by atoms with Gasteiger partial charge in [0.15, 0.2) is 0 Å². The summed E-state index contributed by atoms with van der Waals surface area (Å²) in [5.74, 6) is -1.31. The van der Waals surface area contributed by atoms with E-state index in [1.165, 1.54) is 17.0 Å². The fraction of sp³-hybridized carbons (Fsp3) is 0.333. The van der Waals surface area contributed by atoms with E-state index in [1.54, 1.807) is 13.0 Å². The number of benzene rings is 1. The minimum absolute atomic E-state index is 0.0527. The van der Waals surface area contributed by atoms with Gasteiger partial charge < -0.3 is 10.6 Å². The van der Waals surface area contributed by atoms with E-state index in [1.807, 2.05) is 0 Å². The van der Waals surface area contributed by atoms with Gasteiger partial charge in [0.2, 0.25) is 11.8 Å². The Bertz CT molecular complexity index is 570. The maximum atomic E-state index is 11.8. The van der Waals surface area contributed by atoms with Crippen LogP contribution < -0.4 is 10.6 Å². The lowest BCUT2D eigenvalue weighted by Gasteiger charge is -2.16. The molecule has 7 heteroatoms. The summed E-state index contributed by atoms with van der Waals surface area (Å²) in [5, 5.41) is 10.8. The number of primary amides is 1. The lowest BCUT2D eigenvalue weighted by Crippen LogP contribution is -2.28. The van der Waals surface area contributed by atoms with Gasteiger partial charge in [0.25, 0.3) is 5.69 Å². The molecular formula is C12H13N3O4. The Labute approximate surface area is 109 Å². The molecule has 0 bridgehead atoms. The summed E-state index contributed by atoms with van der Waals surface area (Å²) in [6.45, 7) is 1.89. The van der Waals surface area contributed by atoms with Crippen molar-refractivity contribution in [3.05, 3.63) is 33.9 Å². The molecule has 0 aliphatic carbocycles. The first-order chi connectivity index (χ1) is 8.88. The van der Waals surface area contributed by atoms with Gasteiger partial charge in [-0.25, -0.2) is 0 Å². The van der Waals surface area contributed by atoms with E-state index in [-0.39, 0.29) is 24.6 Å². The normalized spacial score (nSPS) is 18.7. The summed E-state index contributed by atoms with van der Waals surface area (Å²) in [7, 11) is 0. The van der Waals surface area contributed by atoms with Crippen LogP contribution in [0.4, 0.5) is 11.4 Å². The van der Waals surface area contributed by atoms with Crippen molar-refractivity contribution in [2.75, 3.05) is 11.4 Å². The van der Waals surface area contributed by atoms with E-state index in [9.17, 15) is 19.7 Å². The summed E-state index contributed by atoms with van der Waals surface area (Å²) in [6.07, 6.45) is 0.0527. The van der Waals surface area contributed by atoms with Crippen molar-refractivity contribution in [3.63, 3.8) is 0 Å². The number of hydrogen-bond acceptors (Lipinski definition) is 4. The second-order valence-electron chi connectivity index (χ2n) is 4.59. The van der Waals surface area contributed by atoms with Crippen molar-refractivity contribution < 1.29 is 14.5 Å². The summed E-state index contributed by atoms with van der Waals surface area (Å²) in [5.41, 5.74) is 6.21. The van der Waals surface area contributed by atoms with Crippen LogP contribution >= 0.6 is 0 Å². The third-order valence-electron chi connectivity index (χ3n) is 3.10. The molecule has 1 aromatic carbocycles. The van der Waals surface area contributed by atoms with Crippen molar-refractivity contribution in [1.82, 2.24) is 0 Å². The Morgan fingerprint density at radius 2 is 2.16 bits per heavy atom. The Hall–Kier alpha value is -2.44. The molecule has 100 valence electrons. The van der Waals surface area contributed by atoms with Gasteiger partial charge in [0.1, 0.15) is 0 Å². The fourth-order valence-electron chi connectivity index (χ4n) is 2.15. The molecule has 2 rings (SSSR count). The molecule has 1 saturated heterocycles. The fourth-order valence-corrected chi connectivity index (χ4v) is 2.15. The van der Waals surface area contributed by atoms with Crippen molar-refractivity contribution in [1.29, 1.82) is 0 Å². The van der Waals surface area contributed by atoms with Crippen LogP contribution in [0, 0.1) is 23.0 Å². The first-order valence-electron chi connectivity index (χ1n) is 5.74. The van der Waals surface area contributed by atoms with Crippen LogP contribution in [-0.2, 0) is 9.59 Å². The largest absolute Gasteiger partial charge is 0.369 e. The number of nitro groups is 1. The Kier molecular flexibility index (Phi) is 3.20. The Balaban J connectivity index is 2.34. The van der Waals surface area contributed by atoms with Crippen LogP contribution in [0.15, 0.2) is 18.2 Å². The molecule has 0 aromatic heterocycles. The van der Waals surface area contributed by atoms with Crippen LogP contribution in [0.5, 0.6) is 0 Å². The Morgan fingerprint density at radius 1 is 1.47 bits per heavy atom. The highest BCUT2D eigenvalue weighted by atomic mass is 16.6. The van der Waals surface area contributed by atoms with Gasteiger partial charge in [-0.15, -0.1) is 0 Å². The number of non-ortho nitro benzene ring substituents is 1. The molecule has 1 unspecified atom stereocenters. The molecule has 0 radical (unpaired) electrons. The second kappa shape index (κ2) is 4.68. The number of carbonyl (C=O) groups excluding carboxylic acids is 2. The van der Waals surface area contributed by atoms with Gasteiger partial charge in [0, 0.05) is 25.1 Å². The van der Waals surface area contributed by atoms with Gasteiger partial charge in [-0.3, -0.25) is 19.7 Å². The monoisotopic (exact) mass is 263 g/mol. The molecular weight excluding hydrogens is 250 g/mol. The SMILES string of the molecule is Cc1cc(N2CC(C(N)=O)CC2=O)cc([N+](=O)[O-])c1. The van der Waals surface area contributed by atoms with Gasteiger partial charge >= 0.3 is 0 Å². The smallest absolute Gasteiger partial charge is 0.271 e. The first kappa shape index (κ1) is 13.0. The molecule has 1 aliphatic heterocycles. The van der Waals surface area contributed by atoms with E-state index >= 15 is 0 Å². The number of nitrogens with zero attached hydrogens (tertiary/aromatic N) is 2. The Morgan fingerprint density at radius 3 is 2.68 bits per heavy atom. The second-order valence-corrected chi connectivity index (χ2v) is 4.59. The maximum Gasteiger partial charge on any atom is 0.271 e. The number of nitrogens with two attached hydrogens (primary N) is 1. The number of hydrogen-bond donors (Lipinski definition) is 1. The molecule has 1 aromatic rings. The zero-order valence-corrected chi connectivity index (χ0v) is 10.3. The third kappa shape index (κ3) is 2.54. The van der Waals surface area contributed by atoms with Gasteiger partial charge in [-0.05, 0) is 18.6 Å². The number of amides is 2.